The molecular weight excluding hydrogens is 382 g/mol. The summed E-state index contributed by atoms with van der Waals surface area (Å²) in [6.07, 6.45) is 2.63. The minimum Gasteiger partial charge on any atom is -0.351 e. The van der Waals surface area contributed by atoms with Crippen LogP contribution >= 0.6 is 11.3 Å². The second-order valence-electron chi connectivity index (χ2n) is 7.54. The number of carbonyl (C=O) groups is 1. The Balaban J connectivity index is 1.56. The minimum atomic E-state index is 0.0156. The summed E-state index contributed by atoms with van der Waals surface area (Å²) in [5.41, 5.74) is 2.51. The van der Waals surface area contributed by atoms with Gasteiger partial charge in [0, 0.05) is 25.5 Å². The van der Waals surface area contributed by atoms with Gasteiger partial charge in [0.25, 0.3) is 0 Å². The Morgan fingerprint density at radius 2 is 1.83 bits per heavy atom. The molecule has 6 nitrogen and oxygen atoms in total. The molecule has 0 atom stereocenters. The number of nitrogens with zero attached hydrogens (tertiary/aromatic N) is 3. The summed E-state index contributed by atoms with van der Waals surface area (Å²) < 4.78 is 0. The third kappa shape index (κ3) is 7.18. The van der Waals surface area contributed by atoms with Crippen LogP contribution in [0.5, 0.6) is 0 Å². The molecule has 1 aliphatic rings. The molecule has 0 aliphatic carbocycles. The number of carbonyl (C=O) groups excluding carboxylic acids is 1. The van der Waals surface area contributed by atoms with Crippen molar-refractivity contribution < 1.29 is 4.79 Å². The van der Waals surface area contributed by atoms with Gasteiger partial charge in [-0.2, -0.15) is 0 Å². The van der Waals surface area contributed by atoms with Crippen molar-refractivity contribution in [2.75, 3.05) is 33.7 Å². The molecule has 0 spiro atoms. The van der Waals surface area contributed by atoms with E-state index in [9.17, 15) is 4.79 Å². The molecule has 3 rings (SSSR count). The van der Waals surface area contributed by atoms with Gasteiger partial charge in [-0.3, -0.25) is 9.69 Å². The van der Waals surface area contributed by atoms with Gasteiger partial charge in [-0.05, 0) is 48.5 Å². The normalized spacial score (nSPS) is 14.8. The van der Waals surface area contributed by atoms with Crippen molar-refractivity contribution in [3.8, 4) is 0 Å². The number of aliphatic imine (C=N–C) groups is 1. The van der Waals surface area contributed by atoms with Crippen molar-refractivity contribution >= 4 is 23.2 Å². The van der Waals surface area contributed by atoms with Crippen LogP contribution in [0.15, 0.2) is 46.8 Å². The van der Waals surface area contributed by atoms with Crippen LogP contribution in [0.25, 0.3) is 0 Å². The highest BCUT2D eigenvalue weighted by Gasteiger charge is 2.11. The molecule has 29 heavy (non-hydrogen) atoms. The van der Waals surface area contributed by atoms with Gasteiger partial charge < -0.3 is 15.5 Å². The van der Waals surface area contributed by atoms with Crippen molar-refractivity contribution in [1.82, 2.24) is 20.4 Å². The number of benzene rings is 1. The Morgan fingerprint density at radius 1 is 1.10 bits per heavy atom. The molecule has 2 N–H and O–H groups in total. The summed E-state index contributed by atoms with van der Waals surface area (Å²) in [6.45, 7) is 4.93. The van der Waals surface area contributed by atoms with E-state index in [1.807, 2.05) is 6.07 Å². The molecule has 1 aliphatic heterocycles. The largest absolute Gasteiger partial charge is 0.351 e. The lowest BCUT2D eigenvalue weighted by Crippen LogP contribution is -2.42. The van der Waals surface area contributed by atoms with Crippen LogP contribution in [0.1, 0.15) is 28.8 Å². The zero-order valence-corrected chi connectivity index (χ0v) is 18.2. The molecule has 0 bridgehead atoms. The number of hydrogen-bond acceptors (Lipinski definition) is 4. The molecular formula is C22H31N5OS. The number of nitrogens with one attached hydrogen (secondary N) is 2. The maximum Gasteiger partial charge on any atom is 0.241 e. The van der Waals surface area contributed by atoms with Gasteiger partial charge in [0.15, 0.2) is 5.96 Å². The smallest absolute Gasteiger partial charge is 0.241 e. The van der Waals surface area contributed by atoms with E-state index in [4.69, 9.17) is 0 Å². The molecule has 2 aromatic rings. The molecule has 0 saturated carbocycles. The number of thiophene rings is 1. The maximum atomic E-state index is 11.9. The van der Waals surface area contributed by atoms with Gasteiger partial charge in [0.05, 0.1) is 19.6 Å². The fraction of sp³-hybridized carbons (Fsp3) is 0.455. The van der Waals surface area contributed by atoms with Crippen LogP contribution in [0, 0.1) is 0 Å². The summed E-state index contributed by atoms with van der Waals surface area (Å²) in [6, 6.07) is 12.8. The highest BCUT2D eigenvalue weighted by molar-refractivity contribution is 7.09. The van der Waals surface area contributed by atoms with E-state index in [0.717, 1.165) is 12.1 Å². The number of amides is 1. The third-order valence-electron chi connectivity index (χ3n) is 4.96. The lowest BCUT2D eigenvalue weighted by atomic mass is 10.1. The van der Waals surface area contributed by atoms with Crippen molar-refractivity contribution in [3.63, 3.8) is 0 Å². The van der Waals surface area contributed by atoms with Crippen LogP contribution in [-0.2, 0) is 24.4 Å². The fourth-order valence-electron chi connectivity index (χ4n) is 3.20. The molecule has 1 aromatic carbocycles. The van der Waals surface area contributed by atoms with Crippen molar-refractivity contribution in [3.05, 3.63) is 57.8 Å². The van der Waals surface area contributed by atoms with Crippen LogP contribution < -0.4 is 10.6 Å². The Kier molecular flexibility index (Phi) is 8.07. The first-order valence-electron chi connectivity index (χ1n) is 10.1. The van der Waals surface area contributed by atoms with Crippen LogP contribution in [0.3, 0.4) is 0 Å². The Hall–Kier alpha value is -2.38. The lowest BCUT2D eigenvalue weighted by Gasteiger charge is -2.15. The Morgan fingerprint density at radius 3 is 2.48 bits per heavy atom. The highest BCUT2D eigenvalue weighted by atomic mass is 32.1. The van der Waals surface area contributed by atoms with Gasteiger partial charge in [0.1, 0.15) is 0 Å². The zero-order valence-electron chi connectivity index (χ0n) is 17.4. The van der Waals surface area contributed by atoms with Crippen LogP contribution in [0.4, 0.5) is 0 Å². The molecule has 0 radical (unpaired) electrons. The quantitative estimate of drug-likeness (QED) is 0.516. The second-order valence-corrected chi connectivity index (χ2v) is 8.57. The molecule has 1 fully saturated rings. The van der Waals surface area contributed by atoms with Crippen molar-refractivity contribution in [2.45, 2.75) is 32.5 Å². The summed E-state index contributed by atoms with van der Waals surface area (Å²) in [5, 5.41) is 8.51. The van der Waals surface area contributed by atoms with Gasteiger partial charge in [-0.25, -0.2) is 4.99 Å². The molecule has 1 amide bonds. The van der Waals surface area contributed by atoms with Gasteiger partial charge >= 0.3 is 0 Å². The summed E-state index contributed by atoms with van der Waals surface area (Å²) in [4.78, 5) is 21.9. The fourth-order valence-corrected chi connectivity index (χ4v) is 3.84. The number of hydrogen-bond donors (Lipinski definition) is 2. The third-order valence-corrected chi connectivity index (χ3v) is 5.84. The predicted octanol–water partition coefficient (Wildman–Crippen LogP) is 2.67. The SMILES string of the molecule is CN(C)C(=O)CNC(=NCc1ccc(CN2CCCC2)cc1)NCc1cccs1. The van der Waals surface area contributed by atoms with Gasteiger partial charge in [-0.15, -0.1) is 11.3 Å². The van der Waals surface area contributed by atoms with Crippen LogP contribution in [0.2, 0.25) is 0 Å². The summed E-state index contributed by atoms with van der Waals surface area (Å²) in [5.74, 6) is 0.664. The van der Waals surface area contributed by atoms with E-state index in [1.54, 1.807) is 30.3 Å². The van der Waals surface area contributed by atoms with E-state index in [1.165, 1.54) is 36.4 Å². The predicted molar refractivity (Wildman–Crippen MR) is 120 cm³/mol. The van der Waals surface area contributed by atoms with Crippen molar-refractivity contribution in [2.24, 2.45) is 4.99 Å². The minimum absolute atomic E-state index is 0.0156. The summed E-state index contributed by atoms with van der Waals surface area (Å²) >= 11 is 1.70. The molecule has 0 unspecified atom stereocenters. The summed E-state index contributed by atoms with van der Waals surface area (Å²) in [7, 11) is 3.51. The van der Waals surface area contributed by atoms with E-state index < -0.39 is 0 Å². The Labute approximate surface area is 177 Å². The van der Waals surface area contributed by atoms with Gasteiger partial charge in [-0.1, -0.05) is 30.3 Å². The van der Waals surface area contributed by atoms with Crippen LogP contribution in [-0.4, -0.2) is 55.4 Å². The van der Waals surface area contributed by atoms with E-state index in [2.05, 4.69) is 56.2 Å². The van der Waals surface area contributed by atoms with E-state index in [-0.39, 0.29) is 12.5 Å². The zero-order chi connectivity index (χ0) is 20.5. The average Bonchev–Trinajstić information content (AvgIpc) is 3.42. The molecule has 156 valence electrons. The first-order chi connectivity index (χ1) is 14.1. The molecule has 7 heteroatoms. The number of guanidine groups is 1. The van der Waals surface area contributed by atoms with E-state index >= 15 is 0 Å². The number of likely N-dealkylation sites (N-methyl/N-ethyl adjacent to an activating group) is 1. The van der Waals surface area contributed by atoms with Crippen molar-refractivity contribution in [1.29, 1.82) is 0 Å². The number of rotatable bonds is 8. The second kappa shape index (κ2) is 11.0. The molecule has 2 heterocycles. The number of likely N-dealkylation sites (tertiary alicyclic amines) is 1. The first kappa shape index (κ1) is 21.3. The monoisotopic (exact) mass is 413 g/mol. The van der Waals surface area contributed by atoms with E-state index in [0.29, 0.717) is 19.0 Å². The lowest BCUT2D eigenvalue weighted by molar-refractivity contribution is -0.127. The molecule has 1 saturated heterocycles. The van der Waals surface area contributed by atoms with Gasteiger partial charge in [0.2, 0.25) is 5.91 Å². The topological polar surface area (TPSA) is 60.0 Å². The molecule has 1 aromatic heterocycles. The average molecular weight is 414 g/mol. The Bertz CT molecular complexity index is 780. The maximum absolute atomic E-state index is 11.9. The first-order valence-corrected chi connectivity index (χ1v) is 11.0. The standard InChI is InChI=1S/C22H31N5OS/c1-26(2)21(28)16-25-22(24-15-20-6-5-13-29-20)23-14-18-7-9-19(10-8-18)17-27-11-3-4-12-27/h5-10,13H,3-4,11-12,14-17H2,1-2H3,(H2,23,24,25). The highest BCUT2D eigenvalue weighted by Crippen LogP contribution is 2.13.